The Kier molecular flexibility index (Phi) is 6.91. The normalized spacial score (nSPS) is 19.8. The van der Waals surface area contributed by atoms with Crippen molar-refractivity contribution in [3.63, 3.8) is 0 Å². The third-order valence-electron chi connectivity index (χ3n) is 5.36. The van der Waals surface area contributed by atoms with Gasteiger partial charge in [-0.05, 0) is 21.5 Å². The molecule has 31 heavy (non-hydrogen) atoms. The van der Waals surface area contributed by atoms with E-state index in [1.807, 2.05) is 60.7 Å². The molecule has 0 fully saturated rings. The van der Waals surface area contributed by atoms with Gasteiger partial charge in [0.25, 0.3) is 14.1 Å². The van der Waals surface area contributed by atoms with Crippen LogP contribution in [0.15, 0.2) is 72.8 Å². The van der Waals surface area contributed by atoms with Crippen LogP contribution < -0.4 is 10.4 Å². The van der Waals surface area contributed by atoms with Crippen LogP contribution in [0.4, 0.5) is 0 Å². The molecule has 1 heterocycles. The number of thioether (sulfide) groups is 1. The average Bonchev–Trinajstić information content (AvgIpc) is 3.08. The van der Waals surface area contributed by atoms with Crippen LogP contribution in [-0.4, -0.2) is 42.2 Å². The van der Waals surface area contributed by atoms with Crippen molar-refractivity contribution in [3.8, 4) is 0 Å². The van der Waals surface area contributed by atoms with Gasteiger partial charge < -0.3 is 14.3 Å². The molecule has 1 N–H and O–H groups in total. The zero-order valence-corrected chi connectivity index (χ0v) is 20.0. The fourth-order valence-corrected chi connectivity index (χ4v) is 9.43. The summed E-state index contributed by atoms with van der Waals surface area (Å²) in [6, 6.07) is 20.0. The van der Waals surface area contributed by atoms with E-state index in [-0.39, 0.29) is 15.9 Å². The number of hydrogen-bond acceptors (Lipinski definition) is 6. The Morgan fingerprint density at radius 2 is 1.61 bits per heavy atom. The van der Waals surface area contributed by atoms with Crippen molar-refractivity contribution in [2.45, 2.75) is 44.6 Å². The first-order valence-electron chi connectivity index (χ1n) is 10.2. The second-order valence-electron chi connectivity index (χ2n) is 8.58. The van der Waals surface area contributed by atoms with Crippen LogP contribution in [0.3, 0.4) is 0 Å². The van der Waals surface area contributed by atoms with Gasteiger partial charge in [0.15, 0.2) is 5.12 Å². The third-order valence-corrected chi connectivity index (χ3v) is 11.3. The van der Waals surface area contributed by atoms with Gasteiger partial charge in [0.05, 0.1) is 0 Å². The number of aliphatic hydroxyl groups is 1. The van der Waals surface area contributed by atoms with Crippen LogP contribution >= 0.6 is 11.8 Å². The fraction of sp³-hybridized carbons (Fsp3) is 0.333. The quantitative estimate of drug-likeness (QED) is 0.510. The lowest BCUT2D eigenvalue weighted by molar-refractivity contribution is -0.203. The summed E-state index contributed by atoms with van der Waals surface area (Å²) in [6.07, 6.45) is 1.58. The van der Waals surface area contributed by atoms with E-state index in [0.717, 1.165) is 22.1 Å². The highest BCUT2D eigenvalue weighted by atomic mass is 32.2. The highest BCUT2D eigenvalue weighted by Crippen LogP contribution is 2.40. The van der Waals surface area contributed by atoms with Gasteiger partial charge in [0.1, 0.15) is 6.10 Å². The van der Waals surface area contributed by atoms with Crippen LogP contribution in [0, 0.1) is 0 Å². The van der Waals surface area contributed by atoms with E-state index in [1.165, 1.54) is 19.1 Å². The fourth-order valence-electron chi connectivity index (χ4n) is 3.93. The van der Waals surface area contributed by atoms with E-state index in [4.69, 9.17) is 9.16 Å². The Balaban J connectivity index is 2.18. The first-order valence-corrected chi connectivity index (χ1v) is 13.0. The lowest BCUT2D eigenvalue weighted by atomic mass is 10.2. The number of cyclic esters (lactones) is 1. The number of carbonyl (C=O) groups excluding carboxylic acids is 2. The van der Waals surface area contributed by atoms with Gasteiger partial charge in [-0.3, -0.25) is 4.79 Å². The predicted octanol–water partition coefficient (Wildman–Crippen LogP) is 3.01. The lowest BCUT2D eigenvalue weighted by Gasteiger charge is -2.46. The van der Waals surface area contributed by atoms with Gasteiger partial charge in [-0.2, -0.15) is 0 Å². The number of ether oxygens (including phenoxy) is 1. The van der Waals surface area contributed by atoms with Crippen molar-refractivity contribution in [1.82, 2.24) is 0 Å². The number of benzene rings is 2. The summed E-state index contributed by atoms with van der Waals surface area (Å²) in [6.45, 7) is 7.82. The van der Waals surface area contributed by atoms with Crippen molar-refractivity contribution in [3.05, 3.63) is 72.8 Å². The maximum atomic E-state index is 11.8. The number of rotatable bonds is 7. The molecule has 2 aromatic carbocycles. The molecule has 0 radical (unpaired) electrons. The molecule has 2 atom stereocenters. The van der Waals surface area contributed by atoms with Gasteiger partial charge in [-0.15, -0.1) is 0 Å². The minimum atomic E-state index is -3.03. The van der Waals surface area contributed by atoms with E-state index >= 15 is 0 Å². The van der Waals surface area contributed by atoms with Gasteiger partial charge in [-0.25, -0.2) is 4.79 Å². The Morgan fingerprint density at radius 3 is 2.00 bits per heavy atom. The topological polar surface area (TPSA) is 72.8 Å². The van der Waals surface area contributed by atoms with Gasteiger partial charge in [0.2, 0.25) is 0 Å². The maximum absolute atomic E-state index is 11.8. The zero-order valence-electron chi connectivity index (χ0n) is 18.2. The van der Waals surface area contributed by atoms with Gasteiger partial charge in [-0.1, -0.05) is 93.2 Å². The van der Waals surface area contributed by atoms with Crippen LogP contribution in [-0.2, 0) is 18.8 Å². The molecule has 3 rings (SSSR count). The highest BCUT2D eigenvalue weighted by Gasteiger charge is 2.55. The minimum absolute atomic E-state index is 0.104. The summed E-state index contributed by atoms with van der Waals surface area (Å²) in [7, 11) is -3.03. The summed E-state index contributed by atoms with van der Waals surface area (Å²) in [5.74, 6) is -2.42. The summed E-state index contributed by atoms with van der Waals surface area (Å²) >= 11 is 1.04. The first kappa shape index (κ1) is 23.5. The molecular weight excluding hydrogens is 428 g/mol. The van der Waals surface area contributed by atoms with E-state index in [2.05, 4.69) is 20.8 Å². The monoisotopic (exact) mass is 456 g/mol. The molecule has 0 saturated heterocycles. The van der Waals surface area contributed by atoms with Crippen molar-refractivity contribution < 1.29 is 23.9 Å². The molecule has 1 aliphatic rings. The molecule has 0 aromatic heterocycles. The largest absolute Gasteiger partial charge is 0.423 e. The molecule has 0 aliphatic carbocycles. The van der Waals surface area contributed by atoms with Crippen molar-refractivity contribution in [2.24, 2.45) is 0 Å². The van der Waals surface area contributed by atoms with E-state index in [1.54, 1.807) is 0 Å². The third kappa shape index (κ3) is 4.85. The number of hydrogen-bond donors (Lipinski definition) is 1. The SMILES string of the molecule is CC(=O)SC[C@@H](O[Si](c1ccccc1)(c1ccccc1)C(C)(C)C)C1(O)C=CC(=O)O1. The molecule has 2 aromatic rings. The second-order valence-corrected chi connectivity index (χ2v) is 14.0. The van der Waals surface area contributed by atoms with Crippen LogP contribution in [0.5, 0.6) is 0 Å². The van der Waals surface area contributed by atoms with Crippen LogP contribution in [0.1, 0.15) is 27.7 Å². The summed E-state index contributed by atoms with van der Waals surface area (Å²) in [4.78, 5) is 23.6. The Labute approximate surface area is 188 Å². The minimum Gasteiger partial charge on any atom is -0.423 e. The van der Waals surface area contributed by atoms with E-state index in [9.17, 15) is 14.7 Å². The van der Waals surface area contributed by atoms with Gasteiger partial charge in [0, 0.05) is 18.8 Å². The van der Waals surface area contributed by atoms with Crippen LogP contribution in [0.25, 0.3) is 0 Å². The van der Waals surface area contributed by atoms with Crippen molar-refractivity contribution in [1.29, 1.82) is 0 Å². The molecule has 164 valence electrons. The molecule has 5 nitrogen and oxygen atoms in total. The molecule has 1 unspecified atom stereocenters. The number of carbonyl (C=O) groups is 2. The molecule has 0 saturated carbocycles. The van der Waals surface area contributed by atoms with Gasteiger partial charge >= 0.3 is 5.97 Å². The Hall–Kier alpha value is -2.19. The predicted molar refractivity (Wildman–Crippen MR) is 126 cm³/mol. The Morgan fingerprint density at radius 1 is 1.10 bits per heavy atom. The second kappa shape index (κ2) is 9.12. The van der Waals surface area contributed by atoms with E-state index in [0.29, 0.717) is 0 Å². The molecule has 0 bridgehead atoms. The maximum Gasteiger partial charge on any atom is 0.333 e. The van der Waals surface area contributed by atoms with E-state index < -0.39 is 26.2 Å². The average molecular weight is 457 g/mol. The van der Waals surface area contributed by atoms with Crippen molar-refractivity contribution in [2.75, 3.05) is 5.75 Å². The van der Waals surface area contributed by atoms with Crippen molar-refractivity contribution >= 4 is 41.5 Å². The van der Waals surface area contributed by atoms with Crippen LogP contribution in [0.2, 0.25) is 5.04 Å². The standard InChI is InChI=1S/C24H28O5SSi/c1-18(25)30-17-21(24(27)16-15-22(26)28-24)29-31(23(2,3)4,19-11-7-5-8-12-19)20-13-9-6-10-14-20/h5-16,21,27H,17H2,1-4H3/t21-,24?/m1/s1. The molecule has 7 heteroatoms. The number of esters is 1. The smallest absolute Gasteiger partial charge is 0.333 e. The molecule has 1 aliphatic heterocycles. The zero-order chi connectivity index (χ0) is 22.7. The first-order chi connectivity index (χ1) is 14.6. The highest BCUT2D eigenvalue weighted by molar-refractivity contribution is 8.13. The summed E-state index contributed by atoms with van der Waals surface area (Å²) < 4.78 is 12.2. The molecule has 0 amide bonds. The lowest BCUT2D eigenvalue weighted by Crippen LogP contribution is -2.69. The molecular formula is C24H28O5SSi. The summed E-state index contributed by atoms with van der Waals surface area (Å²) in [5.41, 5.74) is 0. The summed E-state index contributed by atoms with van der Waals surface area (Å²) in [5, 5.41) is 12.8. The molecule has 0 spiro atoms. The Bertz CT molecular complexity index is 915.